The molecule has 0 bridgehead atoms. The van der Waals surface area contributed by atoms with Gasteiger partial charge in [0.2, 0.25) is 0 Å². The van der Waals surface area contributed by atoms with E-state index in [0.29, 0.717) is 25.3 Å². The molecule has 21 heavy (non-hydrogen) atoms. The Morgan fingerprint density at radius 3 is 2.71 bits per heavy atom. The number of rotatable bonds is 7. The SMILES string of the molecule is CCc1cc(C(=O)N(CCCN)Cc2ccccc2)n[nH]1. The molecule has 2 rings (SSSR count). The molecule has 0 spiro atoms. The molecule has 5 heteroatoms. The average molecular weight is 286 g/mol. The van der Waals surface area contributed by atoms with Crippen molar-refractivity contribution in [2.24, 2.45) is 5.73 Å². The molecule has 0 unspecified atom stereocenters. The molecule has 1 aromatic heterocycles. The van der Waals surface area contributed by atoms with E-state index in [2.05, 4.69) is 10.2 Å². The maximum Gasteiger partial charge on any atom is 0.274 e. The molecule has 0 saturated carbocycles. The van der Waals surface area contributed by atoms with Gasteiger partial charge in [0.05, 0.1) is 0 Å². The Bertz CT molecular complexity index is 565. The molecule has 1 amide bonds. The van der Waals surface area contributed by atoms with E-state index in [1.807, 2.05) is 43.3 Å². The molecule has 0 saturated heterocycles. The first kappa shape index (κ1) is 15.3. The first-order valence-electron chi connectivity index (χ1n) is 7.32. The molecule has 1 heterocycles. The summed E-state index contributed by atoms with van der Waals surface area (Å²) < 4.78 is 0. The van der Waals surface area contributed by atoms with Crippen LogP contribution in [0.4, 0.5) is 0 Å². The van der Waals surface area contributed by atoms with Gasteiger partial charge in [-0.2, -0.15) is 5.10 Å². The van der Waals surface area contributed by atoms with Gasteiger partial charge in [0.1, 0.15) is 5.69 Å². The number of carbonyl (C=O) groups is 1. The Morgan fingerprint density at radius 1 is 1.33 bits per heavy atom. The number of nitrogens with one attached hydrogen (secondary N) is 1. The van der Waals surface area contributed by atoms with Crippen molar-refractivity contribution in [3.63, 3.8) is 0 Å². The third-order valence-corrected chi connectivity index (χ3v) is 3.37. The van der Waals surface area contributed by atoms with E-state index in [0.717, 1.165) is 24.1 Å². The molecular formula is C16H22N4O. The number of nitrogens with zero attached hydrogens (tertiary/aromatic N) is 2. The summed E-state index contributed by atoms with van der Waals surface area (Å²) in [6, 6.07) is 11.8. The van der Waals surface area contributed by atoms with Gasteiger partial charge in [-0.05, 0) is 31.0 Å². The van der Waals surface area contributed by atoms with E-state index in [9.17, 15) is 4.79 Å². The third kappa shape index (κ3) is 4.16. The van der Waals surface area contributed by atoms with Crippen LogP contribution in [0.1, 0.15) is 35.1 Å². The lowest BCUT2D eigenvalue weighted by molar-refractivity contribution is 0.0736. The second-order valence-corrected chi connectivity index (χ2v) is 4.99. The van der Waals surface area contributed by atoms with E-state index in [1.54, 1.807) is 4.90 Å². The summed E-state index contributed by atoms with van der Waals surface area (Å²) >= 11 is 0. The van der Waals surface area contributed by atoms with Crippen molar-refractivity contribution in [2.45, 2.75) is 26.3 Å². The summed E-state index contributed by atoms with van der Waals surface area (Å²) in [5.41, 5.74) is 8.12. The molecule has 5 nitrogen and oxygen atoms in total. The Morgan fingerprint density at radius 2 is 2.10 bits per heavy atom. The first-order valence-corrected chi connectivity index (χ1v) is 7.32. The lowest BCUT2D eigenvalue weighted by atomic mass is 10.2. The molecule has 112 valence electrons. The second-order valence-electron chi connectivity index (χ2n) is 4.99. The summed E-state index contributed by atoms with van der Waals surface area (Å²) in [5.74, 6) is -0.0525. The number of H-pyrrole nitrogens is 1. The first-order chi connectivity index (χ1) is 10.2. The lowest BCUT2D eigenvalue weighted by Gasteiger charge is -2.21. The molecule has 0 aliphatic carbocycles. The van der Waals surface area contributed by atoms with Crippen LogP contribution in [-0.4, -0.2) is 34.1 Å². The van der Waals surface area contributed by atoms with Gasteiger partial charge in [-0.3, -0.25) is 9.89 Å². The van der Waals surface area contributed by atoms with Gasteiger partial charge in [-0.15, -0.1) is 0 Å². The van der Waals surface area contributed by atoms with E-state index >= 15 is 0 Å². The quantitative estimate of drug-likeness (QED) is 0.817. The highest BCUT2D eigenvalue weighted by atomic mass is 16.2. The molecule has 2 aromatic rings. The van der Waals surface area contributed by atoms with Crippen LogP contribution in [0, 0.1) is 0 Å². The smallest absolute Gasteiger partial charge is 0.274 e. The van der Waals surface area contributed by atoms with Crippen LogP contribution >= 0.6 is 0 Å². The Labute approximate surface area is 125 Å². The number of hydrogen-bond acceptors (Lipinski definition) is 3. The number of aromatic amines is 1. The fraction of sp³-hybridized carbons (Fsp3) is 0.375. The maximum absolute atomic E-state index is 12.6. The van der Waals surface area contributed by atoms with Crippen LogP contribution in [-0.2, 0) is 13.0 Å². The Hall–Kier alpha value is -2.14. The molecule has 0 aliphatic heterocycles. The Kier molecular flexibility index (Phi) is 5.51. The van der Waals surface area contributed by atoms with Crippen molar-refractivity contribution in [1.82, 2.24) is 15.1 Å². The third-order valence-electron chi connectivity index (χ3n) is 3.37. The minimum absolute atomic E-state index is 0.0525. The Balaban J connectivity index is 2.12. The number of nitrogens with two attached hydrogens (primary N) is 1. The standard InChI is InChI=1S/C16H22N4O/c1-2-14-11-15(19-18-14)16(21)20(10-6-9-17)12-13-7-4-3-5-8-13/h3-5,7-8,11H,2,6,9-10,12,17H2,1H3,(H,18,19). The summed E-state index contributed by atoms with van der Waals surface area (Å²) in [5, 5.41) is 7.00. The predicted octanol–water partition coefficient (Wildman–Crippen LogP) is 1.96. The highest BCUT2D eigenvalue weighted by Crippen LogP contribution is 2.10. The fourth-order valence-corrected chi connectivity index (χ4v) is 2.15. The zero-order valence-corrected chi connectivity index (χ0v) is 12.4. The van der Waals surface area contributed by atoms with Gasteiger partial charge in [-0.25, -0.2) is 0 Å². The van der Waals surface area contributed by atoms with Gasteiger partial charge >= 0.3 is 0 Å². The van der Waals surface area contributed by atoms with Crippen LogP contribution < -0.4 is 5.73 Å². The molecule has 0 atom stereocenters. The molecule has 0 aliphatic rings. The van der Waals surface area contributed by atoms with Gasteiger partial charge in [0, 0.05) is 18.8 Å². The van der Waals surface area contributed by atoms with Gasteiger partial charge in [-0.1, -0.05) is 37.3 Å². The van der Waals surface area contributed by atoms with Crippen molar-refractivity contribution < 1.29 is 4.79 Å². The van der Waals surface area contributed by atoms with Gasteiger partial charge < -0.3 is 10.6 Å². The topological polar surface area (TPSA) is 75.0 Å². The number of hydrogen-bond donors (Lipinski definition) is 2. The lowest BCUT2D eigenvalue weighted by Crippen LogP contribution is -2.32. The largest absolute Gasteiger partial charge is 0.333 e. The summed E-state index contributed by atoms with van der Waals surface area (Å²) in [6.45, 7) is 3.81. The monoisotopic (exact) mass is 286 g/mol. The van der Waals surface area contributed by atoms with Gasteiger partial charge in [0.25, 0.3) is 5.91 Å². The summed E-state index contributed by atoms with van der Waals surface area (Å²) in [6.07, 6.45) is 1.62. The minimum atomic E-state index is -0.0525. The molecule has 0 fully saturated rings. The molecule has 3 N–H and O–H groups in total. The van der Waals surface area contributed by atoms with Crippen molar-refractivity contribution >= 4 is 5.91 Å². The van der Waals surface area contributed by atoms with Crippen molar-refractivity contribution in [3.05, 3.63) is 53.3 Å². The molecular weight excluding hydrogens is 264 g/mol. The van der Waals surface area contributed by atoms with Crippen LogP contribution in [0.15, 0.2) is 36.4 Å². The maximum atomic E-state index is 12.6. The normalized spacial score (nSPS) is 10.6. The number of aryl methyl sites for hydroxylation is 1. The molecule has 1 aromatic carbocycles. The van der Waals surface area contributed by atoms with Crippen molar-refractivity contribution in [2.75, 3.05) is 13.1 Å². The number of benzene rings is 1. The summed E-state index contributed by atoms with van der Waals surface area (Å²) in [7, 11) is 0. The van der Waals surface area contributed by atoms with E-state index in [-0.39, 0.29) is 5.91 Å². The van der Waals surface area contributed by atoms with E-state index in [1.165, 1.54) is 0 Å². The zero-order valence-electron chi connectivity index (χ0n) is 12.4. The number of aromatic nitrogens is 2. The number of amides is 1. The fourth-order valence-electron chi connectivity index (χ4n) is 2.15. The number of carbonyl (C=O) groups excluding carboxylic acids is 1. The second kappa shape index (κ2) is 7.59. The minimum Gasteiger partial charge on any atom is -0.333 e. The van der Waals surface area contributed by atoms with Gasteiger partial charge in [0.15, 0.2) is 0 Å². The molecule has 0 radical (unpaired) electrons. The average Bonchev–Trinajstić information content (AvgIpc) is 3.00. The van der Waals surface area contributed by atoms with Crippen LogP contribution in [0.5, 0.6) is 0 Å². The van der Waals surface area contributed by atoms with Crippen molar-refractivity contribution in [3.8, 4) is 0 Å². The zero-order chi connectivity index (χ0) is 15.1. The summed E-state index contributed by atoms with van der Waals surface area (Å²) in [4.78, 5) is 14.4. The van der Waals surface area contributed by atoms with E-state index < -0.39 is 0 Å². The van der Waals surface area contributed by atoms with Crippen LogP contribution in [0.3, 0.4) is 0 Å². The highest BCUT2D eigenvalue weighted by Gasteiger charge is 2.18. The van der Waals surface area contributed by atoms with Crippen LogP contribution in [0.25, 0.3) is 0 Å². The highest BCUT2D eigenvalue weighted by molar-refractivity contribution is 5.92. The van der Waals surface area contributed by atoms with E-state index in [4.69, 9.17) is 5.73 Å². The predicted molar refractivity (Wildman–Crippen MR) is 82.8 cm³/mol. The van der Waals surface area contributed by atoms with Crippen molar-refractivity contribution in [1.29, 1.82) is 0 Å². The van der Waals surface area contributed by atoms with Crippen LogP contribution in [0.2, 0.25) is 0 Å².